The summed E-state index contributed by atoms with van der Waals surface area (Å²) >= 11 is 0. The number of carboxylic acid groups (broad SMARTS) is 1. The summed E-state index contributed by atoms with van der Waals surface area (Å²) in [6, 6.07) is -3.76. The summed E-state index contributed by atoms with van der Waals surface area (Å²) in [7, 11) is 0. The number of hydrogen-bond acceptors (Lipinski definition) is 7. The number of nitrogens with two attached hydrogens (primary N) is 1. The van der Waals surface area contributed by atoms with Crippen molar-refractivity contribution >= 4 is 23.7 Å². The minimum absolute atomic E-state index is 0.473. The Morgan fingerprint density at radius 1 is 1.09 bits per heavy atom. The van der Waals surface area contributed by atoms with Gasteiger partial charge in [0.05, 0.1) is 19.3 Å². The molecule has 0 aliphatic heterocycles. The molecule has 11 nitrogen and oxygen atoms in total. The third-order valence-electron chi connectivity index (χ3n) is 2.81. The molecule has 0 heterocycles. The maximum absolute atomic E-state index is 11.6. The fraction of sp³-hybridized carbons (Fsp3) is 0.667. The molecule has 0 spiro atoms. The Balaban J connectivity index is 4.31. The number of aliphatic hydroxyl groups excluding tert-OH is 2. The highest BCUT2D eigenvalue weighted by Gasteiger charge is 2.24. The van der Waals surface area contributed by atoms with E-state index in [1.54, 1.807) is 0 Å². The summed E-state index contributed by atoms with van der Waals surface area (Å²) in [6.45, 7) is 1.35. The van der Waals surface area contributed by atoms with Crippen LogP contribution in [-0.4, -0.2) is 76.4 Å². The lowest BCUT2D eigenvalue weighted by atomic mass is 10.2. The van der Waals surface area contributed by atoms with Crippen LogP contribution in [-0.2, 0) is 19.2 Å². The van der Waals surface area contributed by atoms with Crippen LogP contribution in [0.5, 0.6) is 0 Å². The number of carbonyl (C=O) groups excluding carboxylic acids is 3. The number of aliphatic carboxylic acids is 1. The highest BCUT2D eigenvalue weighted by molar-refractivity contribution is 5.92. The molecule has 0 aromatic rings. The number of nitrogens with one attached hydrogen (secondary N) is 3. The molecule has 4 atom stereocenters. The molecule has 0 aliphatic rings. The van der Waals surface area contributed by atoms with Crippen molar-refractivity contribution < 1.29 is 34.5 Å². The first kappa shape index (κ1) is 20.8. The molecule has 0 aliphatic carbocycles. The van der Waals surface area contributed by atoms with Crippen LogP contribution >= 0.6 is 0 Å². The van der Waals surface area contributed by atoms with E-state index in [9.17, 15) is 19.2 Å². The zero-order chi connectivity index (χ0) is 18.2. The number of hydrogen-bond donors (Lipinski definition) is 7. The Labute approximate surface area is 132 Å². The van der Waals surface area contributed by atoms with Crippen LogP contribution in [0, 0.1) is 0 Å². The molecular weight excluding hydrogens is 312 g/mol. The highest BCUT2D eigenvalue weighted by Crippen LogP contribution is 1.89. The van der Waals surface area contributed by atoms with Crippen LogP contribution in [0.4, 0.5) is 0 Å². The molecule has 0 aromatic heterocycles. The van der Waals surface area contributed by atoms with E-state index in [-0.39, 0.29) is 0 Å². The Kier molecular flexibility index (Phi) is 8.77. The molecule has 0 saturated heterocycles. The van der Waals surface area contributed by atoms with Gasteiger partial charge in [-0.3, -0.25) is 14.4 Å². The average Bonchev–Trinajstić information content (AvgIpc) is 2.48. The lowest BCUT2D eigenvalue weighted by Gasteiger charge is -2.18. The summed E-state index contributed by atoms with van der Waals surface area (Å²) in [5.41, 5.74) is 5.36. The van der Waals surface area contributed by atoms with E-state index in [0.29, 0.717) is 0 Å². The molecule has 23 heavy (non-hydrogen) atoms. The smallest absolute Gasteiger partial charge is 0.328 e. The molecule has 0 unspecified atom stereocenters. The van der Waals surface area contributed by atoms with Crippen molar-refractivity contribution in [3.8, 4) is 0 Å². The second-order valence-electron chi connectivity index (χ2n) is 4.86. The van der Waals surface area contributed by atoms with Crippen LogP contribution in [0.25, 0.3) is 0 Å². The molecule has 0 aromatic carbocycles. The van der Waals surface area contributed by atoms with Crippen LogP contribution in [0.3, 0.4) is 0 Å². The fourth-order valence-electron chi connectivity index (χ4n) is 1.34. The molecule has 0 rings (SSSR count). The molecule has 8 N–H and O–H groups in total. The zero-order valence-corrected chi connectivity index (χ0v) is 12.8. The molecule has 0 fully saturated rings. The second kappa shape index (κ2) is 9.71. The van der Waals surface area contributed by atoms with Crippen molar-refractivity contribution in [2.45, 2.75) is 38.1 Å². The van der Waals surface area contributed by atoms with Gasteiger partial charge in [0.25, 0.3) is 0 Å². The Morgan fingerprint density at radius 2 is 1.65 bits per heavy atom. The molecule has 3 amide bonds. The maximum Gasteiger partial charge on any atom is 0.328 e. The first-order chi connectivity index (χ1) is 10.6. The lowest BCUT2D eigenvalue weighted by Crippen LogP contribution is -2.54. The third-order valence-corrected chi connectivity index (χ3v) is 2.81. The number of rotatable bonds is 9. The quantitative estimate of drug-likeness (QED) is 0.221. The van der Waals surface area contributed by atoms with E-state index in [1.807, 2.05) is 5.32 Å². The Hall–Kier alpha value is -2.24. The molecule has 132 valence electrons. The molecule has 0 bridgehead atoms. The van der Waals surface area contributed by atoms with Gasteiger partial charge < -0.3 is 37.0 Å². The van der Waals surface area contributed by atoms with Crippen LogP contribution in [0.2, 0.25) is 0 Å². The van der Waals surface area contributed by atoms with E-state index in [0.717, 1.165) is 0 Å². The number of carboxylic acids is 1. The van der Waals surface area contributed by atoms with Gasteiger partial charge in [-0.1, -0.05) is 0 Å². The van der Waals surface area contributed by atoms with Gasteiger partial charge in [-0.05, 0) is 13.8 Å². The zero-order valence-electron chi connectivity index (χ0n) is 12.8. The SMILES string of the molecule is C[C@H](NC(=O)CNC(=O)[C@@H](N)[C@H](C)O)C(=O)N[C@@H](CO)C(=O)O. The van der Waals surface area contributed by atoms with Gasteiger partial charge in [-0.15, -0.1) is 0 Å². The first-order valence-electron chi connectivity index (χ1n) is 6.74. The van der Waals surface area contributed by atoms with Crippen molar-refractivity contribution in [1.82, 2.24) is 16.0 Å². The van der Waals surface area contributed by atoms with E-state index in [1.165, 1.54) is 13.8 Å². The van der Waals surface area contributed by atoms with Crippen molar-refractivity contribution in [2.75, 3.05) is 13.2 Å². The summed E-state index contributed by atoms with van der Waals surface area (Å²) in [6.07, 6.45) is -1.09. The van der Waals surface area contributed by atoms with E-state index in [2.05, 4.69) is 10.6 Å². The van der Waals surface area contributed by atoms with Crippen molar-refractivity contribution in [1.29, 1.82) is 0 Å². The lowest BCUT2D eigenvalue weighted by molar-refractivity contribution is -0.143. The number of carbonyl (C=O) groups is 4. The summed E-state index contributed by atoms with van der Waals surface area (Å²) < 4.78 is 0. The first-order valence-corrected chi connectivity index (χ1v) is 6.74. The predicted octanol–water partition coefficient (Wildman–Crippen LogP) is -4.12. The minimum atomic E-state index is -1.48. The average molecular weight is 334 g/mol. The molecule has 11 heteroatoms. The predicted molar refractivity (Wildman–Crippen MR) is 76.9 cm³/mol. The van der Waals surface area contributed by atoms with Crippen molar-refractivity contribution in [2.24, 2.45) is 5.73 Å². The van der Waals surface area contributed by atoms with Crippen LogP contribution < -0.4 is 21.7 Å². The van der Waals surface area contributed by atoms with E-state index < -0.39 is 61.1 Å². The van der Waals surface area contributed by atoms with Gasteiger partial charge in [-0.25, -0.2) is 4.79 Å². The van der Waals surface area contributed by atoms with E-state index in [4.69, 9.17) is 21.1 Å². The molecule has 0 saturated carbocycles. The van der Waals surface area contributed by atoms with Gasteiger partial charge in [0.2, 0.25) is 17.7 Å². The summed E-state index contributed by atoms with van der Waals surface area (Å²) in [4.78, 5) is 45.3. The topological polar surface area (TPSA) is 191 Å². The number of amides is 3. The highest BCUT2D eigenvalue weighted by atomic mass is 16.4. The second-order valence-corrected chi connectivity index (χ2v) is 4.86. The Bertz CT molecular complexity index is 455. The monoisotopic (exact) mass is 334 g/mol. The molecular formula is C12H22N4O7. The van der Waals surface area contributed by atoms with Crippen molar-refractivity contribution in [3.05, 3.63) is 0 Å². The molecule has 0 radical (unpaired) electrons. The van der Waals surface area contributed by atoms with Gasteiger partial charge in [0.15, 0.2) is 0 Å². The van der Waals surface area contributed by atoms with Gasteiger partial charge in [0, 0.05) is 0 Å². The van der Waals surface area contributed by atoms with Crippen LogP contribution in [0.1, 0.15) is 13.8 Å². The van der Waals surface area contributed by atoms with Gasteiger partial charge in [-0.2, -0.15) is 0 Å². The van der Waals surface area contributed by atoms with Gasteiger partial charge in [0.1, 0.15) is 18.1 Å². The normalized spacial score (nSPS) is 15.7. The minimum Gasteiger partial charge on any atom is -0.480 e. The van der Waals surface area contributed by atoms with Gasteiger partial charge >= 0.3 is 5.97 Å². The Morgan fingerprint density at radius 3 is 2.09 bits per heavy atom. The largest absolute Gasteiger partial charge is 0.480 e. The van der Waals surface area contributed by atoms with E-state index >= 15 is 0 Å². The fourth-order valence-corrected chi connectivity index (χ4v) is 1.34. The standard InChI is InChI=1S/C12H22N4O7/c1-5(10(20)16-7(4-17)12(22)23)15-8(19)3-14-11(21)9(13)6(2)18/h5-7,9,17-18H,3-4,13H2,1-2H3,(H,14,21)(H,15,19)(H,16,20)(H,22,23)/t5-,6-,7-,9-/m0/s1. The van der Waals surface area contributed by atoms with Crippen LogP contribution in [0.15, 0.2) is 0 Å². The maximum atomic E-state index is 11.6. The summed E-state index contributed by atoms with van der Waals surface area (Å²) in [5, 5.41) is 33.0. The van der Waals surface area contributed by atoms with Crippen molar-refractivity contribution in [3.63, 3.8) is 0 Å². The summed E-state index contributed by atoms with van der Waals surface area (Å²) in [5.74, 6) is -3.68. The number of aliphatic hydroxyl groups is 2. The third kappa shape index (κ3) is 7.54.